The van der Waals surface area contributed by atoms with E-state index in [-0.39, 0.29) is 5.91 Å². The first-order valence-electron chi connectivity index (χ1n) is 9.48. The number of benzene rings is 3. The SMILES string of the molecule is Cc1ccc(-c2nc3ccccc3c(C(=O)Nc3ccc(C)cc3Br)c2C)cc1. The summed E-state index contributed by atoms with van der Waals surface area (Å²) in [6.45, 7) is 6.04. The second kappa shape index (κ2) is 7.80. The largest absolute Gasteiger partial charge is 0.321 e. The minimum atomic E-state index is -0.140. The number of nitrogens with one attached hydrogen (secondary N) is 1. The fourth-order valence-corrected chi connectivity index (χ4v) is 4.09. The van der Waals surface area contributed by atoms with Crippen molar-refractivity contribution in [2.45, 2.75) is 20.8 Å². The Kier molecular flexibility index (Phi) is 5.20. The van der Waals surface area contributed by atoms with Gasteiger partial charge < -0.3 is 5.32 Å². The lowest BCUT2D eigenvalue weighted by Gasteiger charge is -2.15. The van der Waals surface area contributed by atoms with Gasteiger partial charge in [-0.3, -0.25) is 4.79 Å². The monoisotopic (exact) mass is 444 g/mol. The van der Waals surface area contributed by atoms with Crippen LogP contribution in [0.3, 0.4) is 0 Å². The molecular formula is C25H21BrN2O. The van der Waals surface area contributed by atoms with Crippen LogP contribution in [0.1, 0.15) is 27.0 Å². The van der Waals surface area contributed by atoms with Gasteiger partial charge >= 0.3 is 0 Å². The third-order valence-corrected chi connectivity index (χ3v) is 5.72. The van der Waals surface area contributed by atoms with E-state index in [1.807, 2.05) is 56.3 Å². The Bertz CT molecular complexity index is 1230. The Morgan fingerprint density at radius 1 is 0.897 bits per heavy atom. The molecule has 0 bridgehead atoms. The Labute approximate surface area is 178 Å². The number of anilines is 1. The number of rotatable bonds is 3. The summed E-state index contributed by atoms with van der Waals surface area (Å²) < 4.78 is 0.862. The summed E-state index contributed by atoms with van der Waals surface area (Å²) in [4.78, 5) is 18.2. The lowest BCUT2D eigenvalue weighted by molar-refractivity contribution is 0.102. The molecule has 0 saturated heterocycles. The van der Waals surface area contributed by atoms with E-state index in [4.69, 9.17) is 4.98 Å². The zero-order valence-electron chi connectivity index (χ0n) is 16.6. The number of hydrogen-bond acceptors (Lipinski definition) is 2. The topological polar surface area (TPSA) is 42.0 Å². The second-order valence-corrected chi connectivity index (χ2v) is 8.14. The summed E-state index contributed by atoms with van der Waals surface area (Å²) in [5.74, 6) is -0.140. The van der Waals surface area contributed by atoms with Crippen molar-refractivity contribution in [1.82, 2.24) is 4.98 Å². The van der Waals surface area contributed by atoms with Crippen molar-refractivity contribution in [1.29, 1.82) is 0 Å². The van der Waals surface area contributed by atoms with Gasteiger partial charge in [0.1, 0.15) is 0 Å². The quantitative estimate of drug-likeness (QED) is 0.375. The number of para-hydroxylation sites is 1. The van der Waals surface area contributed by atoms with Crippen molar-refractivity contribution in [3.8, 4) is 11.3 Å². The predicted octanol–water partition coefficient (Wildman–Crippen LogP) is 6.84. The van der Waals surface area contributed by atoms with Crippen LogP contribution in [0.15, 0.2) is 71.2 Å². The summed E-state index contributed by atoms with van der Waals surface area (Å²) >= 11 is 3.55. The Morgan fingerprint density at radius 3 is 2.31 bits per heavy atom. The van der Waals surface area contributed by atoms with Crippen molar-refractivity contribution < 1.29 is 4.79 Å². The summed E-state index contributed by atoms with van der Waals surface area (Å²) in [7, 11) is 0. The number of hydrogen-bond donors (Lipinski definition) is 1. The van der Waals surface area contributed by atoms with Crippen LogP contribution in [-0.2, 0) is 0 Å². The molecule has 0 spiro atoms. The normalized spacial score (nSPS) is 10.9. The molecule has 4 aromatic rings. The lowest BCUT2D eigenvalue weighted by Crippen LogP contribution is -2.15. The van der Waals surface area contributed by atoms with Gasteiger partial charge in [-0.15, -0.1) is 0 Å². The van der Waals surface area contributed by atoms with Gasteiger partial charge in [0.2, 0.25) is 0 Å². The molecule has 0 radical (unpaired) electrons. The number of aromatic nitrogens is 1. The summed E-state index contributed by atoms with van der Waals surface area (Å²) in [6, 6.07) is 21.9. The highest BCUT2D eigenvalue weighted by atomic mass is 79.9. The highest BCUT2D eigenvalue weighted by Gasteiger charge is 2.19. The zero-order chi connectivity index (χ0) is 20.5. The second-order valence-electron chi connectivity index (χ2n) is 7.28. The third kappa shape index (κ3) is 3.81. The number of nitrogens with zero attached hydrogens (tertiary/aromatic N) is 1. The summed E-state index contributed by atoms with van der Waals surface area (Å²) in [6.07, 6.45) is 0. The molecule has 0 aliphatic heterocycles. The van der Waals surface area contributed by atoms with Gasteiger partial charge in [0.25, 0.3) is 5.91 Å². The van der Waals surface area contributed by atoms with E-state index in [9.17, 15) is 4.79 Å². The first kappa shape index (κ1) is 19.3. The highest BCUT2D eigenvalue weighted by molar-refractivity contribution is 9.10. The van der Waals surface area contributed by atoms with Crippen LogP contribution in [-0.4, -0.2) is 10.9 Å². The summed E-state index contributed by atoms with van der Waals surface area (Å²) in [5.41, 5.74) is 7.23. The van der Waals surface area contributed by atoms with Crippen LogP contribution in [0.5, 0.6) is 0 Å². The van der Waals surface area contributed by atoms with E-state index >= 15 is 0 Å². The molecule has 0 unspecified atom stereocenters. The van der Waals surface area contributed by atoms with Crippen molar-refractivity contribution in [2.24, 2.45) is 0 Å². The molecule has 29 heavy (non-hydrogen) atoms. The molecule has 144 valence electrons. The fourth-order valence-electron chi connectivity index (χ4n) is 3.50. The minimum Gasteiger partial charge on any atom is -0.321 e. The van der Waals surface area contributed by atoms with Gasteiger partial charge in [-0.2, -0.15) is 0 Å². The molecule has 0 aliphatic carbocycles. The van der Waals surface area contributed by atoms with Crippen molar-refractivity contribution in [3.05, 3.63) is 93.5 Å². The Morgan fingerprint density at radius 2 is 1.59 bits per heavy atom. The Hall–Kier alpha value is -2.98. The van der Waals surface area contributed by atoms with Crippen LogP contribution in [0, 0.1) is 20.8 Å². The first-order valence-corrected chi connectivity index (χ1v) is 10.3. The van der Waals surface area contributed by atoms with Gasteiger partial charge in [-0.1, -0.05) is 54.1 Å². The molecule has 1 N–H and O–H groups in total. The number of carbonyl (C=O) groups excluding carboxylic acids is 1. The number of aryl methyl sites for hydroxylation is 2. The highest BCUT2D eigenvalue weighted by Crippen LogP contribution is 2.31. The predicted molar refractivity (Wildman–Crippen MR) is 123 cm³/mol. The zero-order valence-corrected chi connectivity index (χ0v) is 18.2. The number of fused-ring (bicyclic) bond motifs is 1. The fraction of sp³-hybridized carbons (Fsp3) is 0.120. The maximum atomic E-state index is 13.4. The molecule has 1 heterocycles. The maximum absolute atomic E-state index is 13.4. The number of carbonyl (C=O) groups is 1. The average Bonchev–Trinajstić information content (AvgIpc) is 2.70. The molecular weight excluding hydrogens is 424 g/mol. The molecule has 0 fully saturated rings. The molecule has 3 aromatic carbocycles. The van der Waals surface area contributed by atoms with Gasteiger partial charge in [0.05, 0.1) is 22.5 Å². The molecule has 3 nitrogen and oxygen atoms in total. The van der Waals surface area contributed by atoms with Gasteiger partial charge in [0, 0.05) is 15.4 Å². The standard InChI is InChI=1S/C25H21BrN2O/c1-15-8-11-18(12-9-15)24-17(3)23(19-6-4-5-7-21(19)27-24)25(29)28-22-13-10-16(2)14-20(22)26/h4-14H,1-3H3,(H,28,29). The van der Waals surface area contributed by atoms with Gasteiger partial charge in [0.15, 0.2) is 0 Å². The molecule has 0 saturated carbocycles. The average molecular weight is 445 g/mol. The van der Waals surface area contributed by atoms with Crippen LogP contribution in [0.25, 0.3) is 22.2 Å². The Balaban J connectivity index is 1.87. The van der Waals surface area contributed by atoms with Crippen LogP contribution in [0.4, 0.5) is 5.69 Å². The van der Waals surface area contributed by atoms with Crippen molar-refractivity contribution in [3.63, 3.8) is 0 Å². The van der Waals surface area contributed by atoms with Gasteiger partial charge in [-0.05, 0) is 66.0 Å². The maximum Gasteiger partial charge on any atom is 0.256 e. The molecule has 4 rings (SSSR count). The van der Waals surface area contributed by atoms with Crippen LogP contribution in [0.2, 0.25) is 0 Å². The molecule has 1 aromatic heterocycles. The molecule has 1 amide bonds. The van der Waals surface area contributed by atoms with Crippen molar-refractivity contribution in [2.75, 3.05) is 5.32 Å². The molecule has 0 atom stereocenters. The number of halogens is 1. The number of amides is 1. The molecule has 0 aliphatic rings. The van der Waals surface area contributed by atoms with E-state index in [1.165, 1.54) is 5.56 Å². The van der Waals surface area contributed by atoms with Crippen LogP contribution < -0.4 is 5.32 Å². The van der Waals surface area contributed by atoms with E-state index in [0.29, 0.717) is 5.56 Å². The van der Waals surface area contributed by atoms with Gasteiger partial charge in [-0.25, -0.2) is 4.98 Å². The van der Waals surface area contributed by atoms with Crippen molar-refractivity contribution >= 4 is 38.4 Å². The van der Waals surface area contributed by atoms with Crippen LogP contribution >= 0.6 is 15.9 Å². The lowest BCUT2D eigenvalue weighted by atomic mass is 9.96. The van der Waals surface area contributed by atoms with E-state index in [1.54, 1.807) is 0 Å². The first-order chi connectivity index (χ1) is 13.9. The minimum absolute atomic E-state index is 0.140. The third-order valence-electron chi connectivity index (χ3n) is 5.06. The van der Waals surface area contributed by atoms with E-state index in [0.717, 1.165) is 43.4 Å². The summed E-state index contributed by atoms with van der Waals surface area (Å²) in [5, 5.41) is 3.91. The number of pyridine rings is 1. The van der Waals surface area contributed by atoms with E-state index < -0.39 is 0 Å². The van der Waals surface area contributed by atoms with E-state index in [2.05, 4.69) is 52.4 Å². The molecule has 4 heteroatoms. The smallest absolute Gasteiger partial charge is 0.256 e.